The Morgan fingerprint density at radius 1 is 1.18 bits per heavy atom. The van der Waals surface area contributed by atoms with Gasteiger partial charge in [0.25, 0.3) is 0 Å². The first-order chi connectivity index (χ1) is 19.3. The molecule has 0 aromatic carbocycles. The number of pyridine rings is 1. The molecule has 0 radical (unpaired) electrons. The average Bonchev–Trinajstić information content (AvgIpc) is 3.71. The number of hydrogen-bond acceptors (Lipinski definition) is 9. The number of fused-ring (bicyclic) bond motifs is 2. The van der Waals surface area contributed by atoms with Gasteiger partial charge < -0.3 is 19.4 Å². The molecule has 0 saturated carbocycles. The van der Waals surface area contributed by atoms with E-state index in [2.05, 4.69) is 56.8 Å². The smallest absolute Gasteiger partial charge is 0.211 e. The number of halogens is 1. The van der Waals surface area contributed by atoms with Crippen LogP contribution in [0.1, 0.15) is 38.9 Å². The summed E-state index contributed by atoms with van der Waals surface area (Å²) in [7, 11) is 3.48. The molecule has 6 heterocycles. The van der Waals surface area contributed by atoms with Gasteiger partial charge in [-0.15, -0.1) is 0 Å². The van der Waals surface area contributed by atoms with Gasteiger partial charge in [-0.3, -0.25) is 14.6 Å². The van der Waals surface area contributed by atoms with E-state index in [1.165, 1.54) is 0 Å². The predicted octanol–water partition coefficient (Wildman–Crippen LogP) is 4.27. The van der Waals surface area contributed by atoms with E-state index in [0.29, 0.717) is 46.7 Å². The van der Waals surface area contributed by atoms with Crippen LogP contribution in [0.2, 0.25) is 0 Å². The van der Waals surface area contributed by atoms with Crippen molar-refractivity contribution in [2.75, 3.05) is 38.7 Å². The lowest BCUT2D eigenvalue weighted by Crippen LogP contribution is -2.26. The lowest BCUT2D eigenvalue weighted by atomic mass is 9.91. The maximum atomic E-state index is 12.9. The van der Waals surface area contributed by atoms with Crippen LogP contribution in [0.3, 0.4) is 0 Å². The van der Waals surface area contributed by atoms with Gasteiger partial charge in [0, 0.05) is 56.3 Å². The van der Waals surface area contributed by atoms with E-state index in [1.807, 2.05) is 11.6 Å². The Morgan fingerprint density at radius 3 is 2.80 bits per heavy atom. The number of likely N-dealkylation sites (tertiary alicyclic amines) is 1. The Bertz CT molecular complexity index is 1670. The Balaban J connectivity index is 1.33. The molecule has 1 N–H and O–H groups in total. The standard InChI is InChI=1S/C27H33FN10O2/c1-27(2,3)21-12-22(34-38(21)17-6-9-36(16-17)10-7-28)32-26-33-25-23(35(26)4)24(39-5)20(14-30-25)40-19-15-31-37-11-8-29-13-18(19)37/h8,11-15,17H,6-7,9-10,16H2,1-5H3,(H,30,32,33,34). The van der Waals surface area contributed by atoms with Gasteiger partial charge in [-0.1, -0.05) is 20.8 Å². The first kappa shape index (κ1) is 26.0. The van der Waals surface area contributed by atoms with Crippen LogP contribution in [0, 0.1) is 0 Å². The van der Waals surface area contributed by atoms with Crippen LogP contribution in [0.25, 0.3) is 16.7 Å². The van der Waals surface area contributed by atoms with E-state index in [0.717, 1.165) is 30.7 Å². The quantitative estimate of drug-likeness (QED) is 0.304. The molecule has 1 unspecified atom stereocenters. The zero-order valence-electron chi connectivity index (χ0n) is 23.3. The lowest BCUT2D eigenvalue weighted by Gasteiger charge is -2.23. The van der Waals surface area contributed by atoms with Crippen LogP contribution in [-0.4, -0.2) is 77.2 Å². The normalized spacial score (nSPS) is 16.3. The van der Waals surface area contributed by atoms with E-state index in [9.17, 15) is 4.39 Å². The molecule has 5 aromatic heterocycles. The van der Waals surface area contributed by atoms with Crippen LogP contribution < -0.4 is 14.8 Å². The van der Waals surface area contributed by atoms with E-state index >= 15 is 0 Å². The second kappa shape index (κ2) is 10.0. The van der Waals surface area contributed by atoms with Gasteiger partial charge in [-0.25, -0.2) is 13.9 Å². The number of nitrogens with one attached hydrogen (secondary N) is 1. The number of nitrogens with zero attached hydrogens (tertiary/aromatic N) is 9. The fourth-order valence-electron chi connectivity index (χ4n) is 5.26. The van der Waals surface area contributed by atoms with Crippen molar-refractivity contribution >= 4 is 28.4 Å². The Morgan fingerprint density at radius 2 is 2.02 bits per heavy atom. The van der Waals surface area contributed by atoms with Gasteiger partial charge >= 0.3 is 0 Å². The molecule has 1 atom stereocenters. The summed E-state index contributed by atoms with van der Waals surface area (Å²) >= 11 is 0. The number of anilines is 2. The third-order valence-electron chi connectivity index (χ3n) is 7.27. The topological polar surface area (TPSA) is 112 Å². The number of aromatic nitrogens is 8. The summed E-state index contributed by atoms with van der Waals surface area (Å²) in [6, 6.07) is 2.25. The van der Waals surface area contributed by atoms with Gasteiger partial charge in [0.1, 0.15) is 17.7 Å². The SMILES string of the molecule is COc1c(Oc2cnn3ccncc23)cnc2nc(Nc3cc(C(C)(C)C)n(C4CCN(CCF)C4)n3)n(C)c12. The van der Waals surface area contributed by atoms with Crippen molar-refractivity contribution in [2.24, 2.45) is 7.05 Å². The molecule has 0 amide bonds. The molecular formula is C27H33FN10O2. The van der Waals surface area contributed by atoms with Crippen molar-refractivity contribution < 1.29 is 13.9 Å². The maximum Gasteiger partial charge on any atom is 0.211 e. The zero-order valence-corrected chi connectivity index (χ0v) is 23.3. The number of alkyl halides is 1. The van der Waals surface area contributed by atoms with Crippen LogP contribution >= 0.6 is 0 Å². The second-order valence-electron chi connectivity index (χ2n) is 11.0. The van der Waals surface area contributed by atoms with Gasteiger partial charge in [0.05, 0.1) is 31.7 Å². The molecule has 0 spiro atoms. The number of rotatable bonds is 8. The minimum atomic E-state index is -0.335. The third-order valence-corrected chi connectivity index (χ3v) is 7.27. The molecule has 1 saturated heterocycles. The molecule has 6 rings (SSSR count). The van der Waals surface area contributed by atoms with Crippen LogP contribution in [0.4, 0.5) is 16.2 Å². The predicted molar refractivity (Wildman–Crippen MR) is 148 cm³/mol. The summed E-state index contributed by atoms with van der Waals surface area (Å²) in [4.78, 5) is 15.6. The largest absolute Gasteiger partial charge is 0.491 e. The number of aryl methyl sites for hydroxylation is 1. The van der Waals surface area contributed by atoms with Crippen molar-refractivity contribution in [1.29, 1.82) is 0 Å². The van der Waals surface area contributed by atoms with Crippen LogP contribution in [-0.2, 0) is 12.5 Å². The number of hydrogen-bond donors (Lipinski definition) is 1. The molecule has 13 heteroatoms. The minimum absolute atomic E-state index is 0.128. The average molecular weight is 549 g/mol. The highest BCUT2D eigenvalue weighted by Crippen LogP contribution is 2.39. The van der Waals surface area contributed by atoms with E-state index in [4.69, 9.17) is 19.6 Å². The van der Waals surface area contributed by atoms with Crippen molar-refractivity contribution in [3.8, 4) is 17.2 Å². The van der Waals surface area contributed by atoms with Gasteiger partial charge in [-0.05, 0) is 6.42 Å². The molecule has 1 aliphatic heterocycles. The molecular weight excluding hydrogens is 515 g/mol. The van der Waals surface area contributed by atoms with Crippen LogP contribution in [0.15, 0.2) is 37.1 Å². The molecule has 40 heavy (non-hydrogen) atoms. The molecule has 210 valence electrons. The number of methoxy groups -OCH3 is 1. The zero-order chi connectivity index (χ0) is 28.0. The van der Waals surface area contributed by atoms with Crippen molar-refractivity contribution in [3.05, 3.63) is 42.7 Å². The van der Waals surface area contributed by atoms with Gasteiger partial charge in [-0.2, -0.15) is 15.2 Å². The summed E-state index contributed by atoms with van der Waals surface area (Å²) in [5.41, 5.74) is 2.87. The molecule has 1 fully saturated rings. The van der Waals surface area contributed by atoms with E-state index in [-0.39, 0.29) is 18.1 Å². The lowest BCUT2D eigenvalue weighted by molar-refractivity contribution is 0.282. The molecule has 0 bridgehead atoms. The van der Waals surface area contributed by atoms with Gasteiger partial charge in [0.2, 0.25) is 5.95 Å². The van der Waals surface area contributed by atoms with Crippen molar-refractivity contribution in [3.63, 3.8) is 0 Å². The second-order valence-corrected chi connectivity index (χ2v) is 11.0. The first-order valence-corrected chi connectivity index (χ1v) is 13.3. The van der Waals surface area contributed by atoms with E-state index < -0.39 is 0 Å². The summed E-state index contributed by atoms with van der Waals surface area (Å²) in [5.74, 6) is 2.71. The van der Waals surface area contributed by atoms with Crippen molar-refractivity contribution in [1.82, 2.24) is 43.8 Å². The molecule has 5 aromatic rings. The summed E-state index contributed by atoms with van der Waals surface area (Å²) < 4.78 is 30.5. The fourth-order valence-corrected chi connectivity index (χ4v) is 5.26. The fraction of sp³-hybridized carbons (Fsp3) is 0.444. The molecule has 12 nitrogen and oxygen atoms in total. The van der Waals surface area contributed by atoms with Gasteiger partial charge in [0.15, 0.2) is 28.7 Å². The van der Waals surface area contributed by atoms with E-state index in [1.54, 1.807) is 42.6 Å². The Kier molecular flexibility index (Phi) is 6.53. The highest BCUT2D eigenvalue weighted by Gasteiger charge is 2.30. The first-order valence-electron chi connectivity index (χ1n) is 13.3. The van der Waals surface area contributed by atoms with Crippen molar-refractivity contribution in [2.45, 2.75) is 38.6 Å². The third kappa shape index (κ3) is 4.59. The summed E-state index contributed by atoms with van der Waals surface area (Å²) in [6.45, 7) is 8.29. The highest BCUT2D eigenvalue weighted by atomic mass is 19.1. The molecule has 1 aliphatic rings. The molecule has 0 aliphatic carbocycles. The minimum Gasteiger partial charge on any atom is -0.491 e. The Hall–Kier alpha value is -4.26. The number of ether oxygens (including phenoxy) is 2. The maximum absolute atomic E-state index is 12.9. The number of imidazole rings is 1. The highest BCUT2D eigenvalue weighted by molar-refractivity contribution is 5.85. The van der Waals surface area contributed by atoms with Crippen LogP contribution in [0.5, 0.6) is 17.2 Å². The summed E-state index contributed by atoms with van der Waals surface area (Å²) in [5, 5.41) is 12.6. The monoisotopic (exact) mass is 548 g/mol. The summed E-state index contributed by atoms with van der Waals surface area (Å²) in [6.07, 6.45) is 9.24. The Labute approximate surface area is 230 Å².